The van der Waals surface area contributed by atoms with Gasteiger partial charge in [0, 0.05) is 18.8 Å². The zero-order chi connectivity index (χ0) is 12.1. The highest BCUT2D eigenvalue weighted by molar-refractivity contribution is 7.91. The summed E-state index contributed by atoms with van der Waals surface area (Å²) in [6, 6.07) is 0.129. The number of nitrogens with one attached hydrogen (secondary N) is 1. The highest BCUT2D eigenvalue weighted by atomic mass is 32.2. The molecule has 7 heteroatoms. The van der Waals surface area contributed by atoms with Crippen molar-refractivity contribution in [3.05, 3.63) is 12.4 Å². The van der Waals surface area contributed by atoms with Gasteiger partial charge in [0.2, 0.25) is 0 Å². The van der Waals surface area contributed by atoms with Crippen LogP contribution < -0.4 is 5.32 Å². The molecule has 0 radical (unpaired) electrons. The Kier molecular flexibility index (Phi) is 4.11. The molecule has 0 aliphatic carbocycles. The molecule has 1 fully saturated rings. The summed E-state index contributed by atoms with van der Waals surface area (Å²) >= 11 is 0. The van der Waals surface area contributed by atoms with Gasteiger partial charge in [-0.2, -0.15) is 0 Å². The molecular formula is C10H18N4O2S. The lowest BCUT2D eigenvalue weighted by molar-refractivity contribution is 0.456. The summed E-state index contributed by atoms with van der Waals surface area (Å²) < 4.78 is 24.6. The molecule has 0 bridgehead atoms. The molecule has 0 amide bonds. The number of sulfone groups is 1. The van der Waals surface area contributed by atoms with Crippen LogP contribution in [0.2, 0.25) is 0 Å². The van der Waals surface area contributed by atoms with Crippen LogP contribution in [0.4, 0.5) is 0 Å². The zero-order valence-corrected chi connectivity index (χ0v) is 10.6. The van der Waals surface area contributed by atoms with Gasteiger partial charge >= 0.3 is 0 Å². The summed E-state index contributed by atoms with van der Waals surface area (Å²) in [5.74, 6) is 0.639. The quantitative estimate of drug-likeness (QED) is 0.742. The van der Waals surface area contributed by atoms with Gasteiger partial charge in [0.1, 0.15) is 0 Å². The van der Waals surface area contributed by atoms with Crippen LogP contribution in [0.25, 0.3) is 0 Å². The summed E-state index contributed by atoms with van der Waals surface area (Å²) in [5, 5.41) is 10.9. The van der Waals surface area contributed by atoms with Gasteiger partial charge in [-0.1, -0.05) is 5.21 Å². The van der Waals surface area contributed by atoms with E-state index in [-0.39, 0.29) is 11.8 Å². The van der Waals surface area contributed by atoms with Crippen molar-refractivity contribution in [3.8, 4) is 0 Å². The van der Waals surface area contributed by atoms with Crippen LogP contribution in [-0.2, 0) is 16.4 Å². The van der Waals surface area contributed by atoms with Crippen LogP contribution in [-0.4, -0.2) is 47.5 Å². The van der Waals surface area contributed by atoms with Crippen molar-refractivity contribution in [2.24, 2.45) is 0 Å². The number of hydrogen-bond acceptors (Lipinski definition) is 5. The minimum Gasteiger partial charge on any atom is -0.313 e. The number of aromatic nitrogens is 3. The summed E-state index contributed by atoms with van der Waals surface area (Å²) in [7, 11) is -2.80. The molecule has 17 heavy (non-hydrogen) atoms. The number of nitrogens with zero attached hydrogens (tertiary/aromatic N) is 3. The average molecular weight is 258 g/mol. The van der Waals surface area contributed by atoms with Gasteiger partial charge in [-0.3, -0.25) is 4.68 Å². The first-order valence-corrected chi connectivity index (χ1v) is 7.76. The fraction of sp³-hybridized carbons (Fsp3) is 0.800. The standard InChI is InChI=1S/C10H18N4O2S/c15-17(16)8-1-3-10(9-17)11-4-2-6-14-7-5-12-13-14/h5,7,10-11H,1-4,6,8-9H2. The minimum absolute atomic E-state index is 0.129. The highest BCUT2D eigenvalue weighted by Crippen LogP contribution is 2.11. The molecule has 1 aliphatic rings. The second-order valence-electron chi connectivity index (χ2n) is 4.43. The highest BCUT2D eigenvalue weighted by Gasteiger charge is 2.23. The largest absolute Gasteiger partial charge is 0.313 e. The van der Waals surface area contributed by atoms with Crippen LogP contribution in [0.3, 0.4) is 0 Å². The average Bonchev–Trinajstić information content (AvgIpc) is 2.76. The molecule has 0 saturated carbocycles. The van der Waals surface area contributed by atoms with Crippen molar-refractivity contribution in [2.75, 3.05) is 18.1 Å². The van der Waals surface area contributed by atoms with E-state index >= 15 is 0 Å². The van der Waals surface area contributed by atoms with Gasteiger partial charge < -0.3 is 5.32 Å². The molecular weight excluding hydrogens is 240 g/mol. The topological polar surface area (TPSA) is 76.9 Å². The molecule has 1 unspecified atom stereocenters. The van der Waals surface area contributed by atoms with Crippen molar-refractivity contribution in [2.45, 2.75) is 31.8 Å². The van der Waals surface area contributed by atoms with E-state index in [1.807, 2.05) is 6.20 Å². The molecule has 0 aromatic carbocycles. The Bertz CT molecular complexity index is 429. The lowest BCUT2D eigenvalue weighted by Crippen LogP contribution is -2.40. The first kappa shape index (κ1) is 12.5. The van der Waals surface area contributed by atoms with E-state index in [1.165, 1.54) is 0 Å². The van der Waals surface area contributed by atoms with Crippen molar-refractivity contribution >= 4 is 9.84 Å². The Morgan fingerprint density at radius 1 is 1.47 bits per heavy atom. The number of hydrogen-bond donors (Lipinski definition) is 1. The maximum Gasteiger partial charge on any atom is 0.151 e. The molecule has 1 saturated heterocycles. The van der Waals surface area contributed by atoms with Gasteiger partial charge in [0.15, 0.2) is 9.84 Å². The Labute approximate surface area is 101 Å². The van der Waals surface area contributed by atoms with Gasteiger partial charge in [-0.15, -0.1) is 5.10 Å². The Hall–Kier alpha value is -0.950. The number of rotatable bonds is 5. The zero-order valence-electron chi connectivity index (χ0n) is 9.75. The fourth-order valence-electron chi connectivity index (χ4n) is 2.08. The lowest BCUT2D eigenvalue weighted by Gasteiger charge is -2.22. The molecule has 96 valence electrons. The molecule has 2 heterocycles. The maximum absolute atomic E-state index is 11.4. The van der Waals surface area contributed by atoms with Crippen LogP contribution in [0.1, 0.15) is 19.3 Å². The molecule has 6 nitrogen and oxygen atoms in total. The van der Waals surface area contributed by atoms with Gasteiger partial charge in [-0.25, -0.2) is 8.42 Å². The van der Waals surface area contributed by atoms with E-state index in [9.17, 15) is 8.42 Å². The predicted molar refractivity (Wildman–Crippen MR) is 64.3 cm³/mol. The van der Waals surface area contributed by atoms with Gasteiger partial charge in [0.25, 0.3) is 0 Å². The van der Waals surface area contributed by atoms with E-state index in [0.29, 0.717) is 5.75 Å². The third kappa shape index (κ3) is 4.08. The van der Waals surface area contributed by atoms with E-state index < -0.39 is 9.84 Å². The van der Waals surface area contributed by atoms with E-state index in [4.69, 9.17) is 0 Å². The van der Waals surface area contributed by atoms with Crippen molar-refractivity contribution in [1.82, 2.24) is 20.3 Å². The molecule has 1 aromatic heterocycles. The van der Waals surface area contributed by atoms with Crippen LogP contribution in [0.15, 0.2) is 12.4 Å². The summed E-state index contributed by atoms with van der Waals surface area (Å²) in [4.78, 5) is 0. The first-order valence-electron chi connectivity index (χ1n) is 5.94. The van der Waals surface area contributed by atoms with E-state index in [1.54, 1.807) is 10.9 Å². The Balaban J connectivity index is 1.65. The Morgan fingerprint density at radius 2 is 2.35 bits per heavy atom. The second-order valence-corrected chi connectivity index (χ2v) is 6.66. The summed E-state index contributed by atoms with van der Waals surface area (Å²) in [6.07, 6.45) is 6.15. The molecule has 1 atom stereocenters. The second kappa shape index (κ2) is 5.59. The van der Waals surface area contributed by atoms with Crippen LogP contribution >= 0.6 is 0 Å². The lowest BCUT2D eigenvalue weighted by atomic mass is 10.2. The van der Waals surface area contributed by atoms with Gasteiger partial charge in [-0.05, 0) is 25.8 Å². The van der Waals surface area contributed by atoms with Crippen LogP contribution in [0.5, 0.6) is 0 Å². The SMILES string of the molecule is O=S1(=O)CCCC(NCCCn2ccnn2)C1. The molecule has 2 rings (SSSR count). The van der Waals surface area contributed by atoms with E-state index in [2.05, 4.69) is 15.6 Å². The summed E-state index contributed by atoms with van der Waals surface area (Å²) in [5.41, 5.74) is 0. The fourth-order valence-corrected chi connectivity index (χ4v) is 3.75. The molecule has 1 aromatic rings. The van der Waals surface area contributed by atoms with E-state index in [0.717, 1.165) is 32.4 Å². The minimum atomic E-state index is -2.80. The normalized spacial score (nSPS) is 23.6. The summed E-state index contributed by atoms with van der Waals surface area (Å²) in [6.45, 7) is 1.63. The molecule has 1 N–H and O–H groups in total. The predicted octanol–water partition coefficient (Wildman–Crippen LogP) is -0.165. The van der Waals surface area contributed by atoms with Crippen LogP contribution in [0, 0.1) is 0 Å². The maximum atomic E-state index is 11.4. The monoisotopic (exact) mass is 258 g/mol. The first-order chi connectivity index (χ1) is 8.16. The van der Waals surface area contributed by atoms with Crippen molar-refractivity contribution in [1.29, 1.82) is 0 Å². The van der Waals surface area contributed by atoms with Crippen molar-refractivity contribution < 1.29 is 8.42 Å². The number of aryl methyl sites for hydroxylation is 1. The van der Waals surface area contributed by atoms with Crippen molar-refractivity contribution in [3.63, 3.8) is 0 Å². The third-order valence-corrected chi connectivity index (χ3v) is 4.75. The Morgan fingerprint density at radius 3 is 3.06 bits per heavy atom. The molecule has 1 aliphatic heterocycles. The molecule has 0 spiro atoms. The third-order valence-electron chi connectivity index (χ3n) is 2.93. The van der Waals surface area contributed by atoms with Gasteiger partial charge in [0.05, 0.1) is 17.7 Å². The smallest absolute Gasteiger partial charge is 0.151 e.